The monoisotopic (exact) mass is 417 g/mol. The number of hydrogen-bond acceptors (Lipinski definition) is 6. The summed E-state index contributed by atoms with van der Waals surface area (Å²) in [7, 11) is 0. The van der Waals surface area contributed by atoms with Crippen molar-refractivity contribution in [3.8, 4) is 11.5 Å². The van der Waals surface area contributed by atoms with Gasteiger partial charge in [-0.1, -0.05) is 18.2 Å². The van der Waals surface area contributed by atoms with Gasteiger partial charge in [0.15, 0.2) is 5.82 Å². The molecule has 0 aliphatic rings. The van der Waals surface area contributed by atoms with E-state index in [4.69, 9.17) is 11.5 Å². The second-order valence-corrected chi connectivity index (χ2v) is 6.55. The number of hydrogen-bond donors (Lipinski definition) is 2. The molecule has 0 aliphatic heterocycles. The van der Waals surface area contributed by atoms with E-state index in [1.54, 1.807) is 30.3 Å². The number of nitrogens with zero attached hydrogens (tertiary/aromatic N) is 5. The zero-order chi connectivity index (χ0) is 21.5. The van der Waals surface area contributed by atoms with Crippen LogP contribution in [0.4, 0.5) is 29.2 Å². The highest BCUT2D eigenvalue weighted by atomic mass is 19.4. The Bertz CT molecular complexity index is 1210. The molecular weight excluding hydrogens is 402 g/mol. The lowest BCUT2D eigenvalue weighted by Gasteiger charge is -2.11. The van der Waals surface area contributed by atoms with Crippen LogP contribution in [-0.2, 0) is 12.8 Å². The van der Waals surface area contributed by atoms with Crippen molar-refractivity contribution >= 4 is 17.2 Å². The lowest BCUT2D eigenvalue weighted by atomic mass is 10.1. The van der Waals surface area contributed by atoms with Crippen molar-refractivity contribution in [2.24, 2.45) is 0 Å². The Morgan fingerprint density at radius 1 is 0.933 bits per heavy atom. The van der Waals surface area contributed by atoms with Crippen LogP contribution in [0, 0.1) is 5.82 Å². The van der Waals surface area contributed by atoms with Crippen molar-refractivity contribution in [2.75, 3.05) is 11.5 Å². The molecule has 1 aromatic carbocycles. The smallest absolute Gasteiger partial charge is 0.383 e. The second kappa shape index (κ2) is 7.25. The van der Waals surface area contributed by atoms with E-state index >= 15 is 0 Å². The number of alkyl halides is 3. The van der Waals surface area contributed by atoms with Crippen molar-refractivity contribution in [1.82, 2.24) is 24.6 Å². The van der Waals surface area contributed by atoms with Crippen LogP contribution >= 0.6 is 0 Å². The fourth-order valence-corrected chi connectivity index (χ4v) is 3.09. The quantitative estimate of drug-likeness (QED) is 0.494. The zero-order valence-corrected chi connectivity index (χ0v) is 15.4. The molecule has 0 aliphatic carbocycles. The van der Waals surface area contributed by atoms with E-state index in [2.05, 4.69) is 20.1 Å². The highest BCUT2D eigenvalue weighted by Crippen LogP contribution is 2.30. The van der Waals surface area contributed by atoms with E-state index < -0.39 is 18.4 Å². The van der Waals surface area contributed by atoms with Gasteiger partial charge in [0.2, 0.25) is 0 Å². The van der Waals surface area contributed by atoms with Crippen molar-refractivity contribution in [2.45, 2.75) is 19.0 Å². The molecule has 0 amide bonds. The maximum absolute atomic E-state index is 14.1. The molecule has 0 fully saturated rings. The first-order chi connectivity index (χ1) is 14.2. The van der Waals surface area contributed by atoms with Crippen LogP contribution in [0.3, 0.4) is 0 Å². The molecular formula is C19H15F4N7. The normalized spacial score (nSPS) is 11.9. The number of anilines is 2. The SMILES string of the molecule is Nc1nc(-c2nc(Cc3ccccc3F)n3ncccc23)nc(N)c1CC(F)(F)F. The minimum atomic E-state index is -4.51. The summed E-state index contributed by atoms with van der Waals surface area (Å²) in [5.41, 5.74) is 12.2. The summed E-state index contributed by atoms with van der Waals surface area (Å²) in [6.07, 6.45) is -4.19. The van der Waals surface area contributed by atoms with Gasteiger partial charge in [-0.25, -0.2) is 23.9 Å². The third-order valence-electron chi connectivity index (χ3n) is 4.44. The molecule has 30 heavy (non-hydrogen) atoms. The van der Waals surface area contributed by atoms with Gasteiger partial charge in [-0.3, -0.25) is 0 Å². The Kier molecular flexibility index (Phi) is 4.72. The molecule has 3 aromatic heterocycles. The predicted octanol–water partition coefficient (Wildman–Crippen LogP) is 3.19. The Hall–Kier alpha value is -3.76. The molecule has 0 saturated heterocycles. The van der Waals surface area contributed by atoms with Gasteiger partial charge in [-0.2, -0.15) is 18.3 Å². The number of benzene rings is 1. The van der Waals surface area contributed by atoms with Crippen molar-refractivity contribution in [3.63, 3.8) is 0 Å². The third-order valence-corrected chi connectivity index (χ3v) is 4.44. The molecule has 4 rings (SSSR count). The van der Waals surface area contributed by atoms with Gasteiger partial charge < -0.3 is 11.5 Å². The van der Waals surface area contributed by atoms with E-state index in [0.717, 1.165) is 0 Å². The van der Waals surface area contributed by atoms with Crippen LogP contribution in [0.25, 0.3) is 17.0 Å². The molecule has 4 aromatic rings. The minimum Gasteiger partial charge on any atom is -0.383 e. The molecule has 3 heterocycles. The summed E-state index contributed by atoms with van der Waals surface area (Å²) >= 11 is 0. The first-order valence-corrected chi connectivity index (χ1v) is 8.78. The predicted molar refractivity (Wildman–Crippen MR) is 102 cm³/mol. The van der Waals surface area contributed by atoms with Gasteiger partial charge in [-0.15, -0.1) is 0 Å². The van der Waals surface area contributed by atoms with E-state index in [-0.39, 0.29) is 35.1 Å². The fraction of sp³-hybridized carbons (Fsp3) is 0.158. The number of aromatic nitrogens is 5. The summed E-state index contributed by atoms with van der Waals surface area (Å²) in [6, 6.07) is 9.57. The highest BCUT2D eigenvalue weighted by Gasteiger charge is 2.31. The van der Waals surface area contributed by atoms with Crippen molar-refractivity contribution in [3.05, 3.63) is 65.4 Å². The summed E-state index contributed by atoms with van der Waals surface area (Å²) < 4.78 is 53.8. The molecule has 11 heteroatoms. The van der Waals surface area contributed by atoms with Gasteiger partial charge in [0.25, 0.3) is 0 Å². The Morgan fingerprint density at radius 3 is 2.30 bits per heavy atom. The summed E-state index contributed by atoms with van der Waals surface area (Å²) in [5, 5.41) is 4.23. The molecule has 154 valence electrons. The van der Waals surface area contributed by atoms with Gasteiger partial charge >= 0.3 is 6.18 Å². The molecule has 0 spiro atoms. The highest BCUT2D eigenvalue weighted by molar-refractivity contribution is 5.75. The average molecular weight is 417 g/mol. The lowest BCUT2D eigenvalue weighted by Crippen LogP contribution is -2.17. The van der Waals surface area contributed by atoms with Crippen molar-refractivity contribution < 1.29 is 17.6 Å². The topological polar surface area (TPSA) is 108 Å². The number of halogens is 4. The number of imidazole rings is 1. The maximum atomic E-state index is 14.1. The van der Waals surface area contributed by atoms with E-state index in [9.17, 15) is 17.6 Å². The lowest BCUT2D eigenvalue weighted by molar-refractivity contribution is -0.127. The Morgan fingerprint density at radius 2 is 1.63 bits per heavy atom. The molecule has 0 atom stereocenters. The molecule has 0 radical (unpaired) electrons. The number of nitrogens with two attached hydrogens (primary N) is 2. The average Bonchev–Trinajstić information content (AvgIpc) is 3.04. The van der Waals surface area contributed by atoms with E-state index in [1.165, 1.54) is 16.8 Å². The van der Waals surface area contributed by atoms with E-state index in [1.807, 2.05) is 0 Å². The first-order valence-electron chi connectivity index (χ1n) is 8.78. The number of rotatable bonds is 4. The summed E-state index contributed by atoms with van der Waals surface area (Å²) in [6.45, 7) is 0. The van der Waals surface area contributed by atoms with Crippen molar-refractivity contribution in [1.29, 1.82) is 0 Å². The van der Waals surface area contributed by atoms with Crippen LogP contribution < -0.4 is 11.5 Å². The van der Waals surface area contributed by atoms with Crippen LogP contribution in [0.2, 0.25) is 0 Å². The minimum absolute atomic E-state index is 0.0405. The molecule has 0 unspecified atom stereocenters. The van der Waals surface area contributed by atoms with Crippen LogP contribution in [0.15, 0.2) is 42.6 Å². The zero-order valence-electron chi connectivity index (χ0n) is 15.4. The standard InChI is InChI=1S/C19H15F4N7/c20-12-5-2-1-4-10(12)8-14-27-15(13-6-3-7-26-30(13)14)18-28-16(24)11(17(25)29-18)9-19(21,22)23/h1-7H,8-9H2,(H4,24,25,28,29). The fourth-order valence-electron chi connectivity index (χ4n) is 3.09. The summed E-state index contributed by atoms with van der Waals surface area (Å²) in [5.74, 6) is -0.800. The molecule has 0 saturated carbocycles. The van der Waals surface area contributed by atoms with Crippen LogP contribution in [-0.4, -0.2) is 30.7 Å². The van der Waals surface area contributed by atoms with Gasteiger partial charge in [0.1, 0.15) is 29.0 Å². The van der Waals surface area contributed by atoms with Gasteiger partial charge in [-0.05, 0) is 23.8 Å². The van der Waals surface area contributed by atoms with Crippen LogP contribution in [0.5, 0.6) is 0 Å². The number of nitrogen functional groups attached to an aromatic ring is 2. The Balaban J connectivity index is 1.81. The maximum Gasteiger partial charge on any atom is 0.393 e. The number of fused-ring (bicyclic) bond motifs is 1. The Labute approximate surface area is 167 Å². The molecule has 0 bridgehead atoms. The summed E-state index contributed by atoms with van der Waals surface area (Å²) in [4.78, 5) is 12.4. The molecule has 4 N–H and O–H groups in total. The van der Waals surface area contributed by atoms with Crippen LogP contribution in [0.1, 0.15) is 17.0 Å². The largest absolute Gasteiger partial charge is 0.393 e. The van der Waals surface area contributed by atoms with Gasteiger partial charge in [0, 0.05) is 18.2 Å². The first kappa shape index (κ1) is 19.6. The third kappa shape index (κ3) is 3.73. The molecule has 7 nitrogen and oxygen atoms in total. The van der Waals surface area contributed by atoms with Gasteiger partial charge in [0.05, 0.1) is 11.9 Å². The van der Waals surface area contributed by atoms with E-state index in [0.29, 0.717) is 16.9 Å². The second-order valence-electron chi connectivity index (χ2n) is 6.55.